The van der Waals surface area contributed by atoms with Crippen LogP contribution in [0.5, 0.6) is 11.5 Å². The second kappa shape index (κ2) is 6.06. The van der Waals surface area contributed by atoms with Crippen molar-refractivity contribution < 1.29 is 9.84 Å². The molecule has 3 nitrogen and oxygen atoms in total. The van der Waals surface area contributed by atoms with Gasteiger partial charge in [-0.05, 0) is 49.2 Å². The Hall–Kier alpha value is -1.87. The molecule has 2 N–H and O–H groups in total. The Kier molecular flexibility index (Phi) is 4.40. The topological polar surface area (TPSA) is 41.5 Å². The third kappa shape index (κ3) is 3.17. The van der Waals surface area contributed by atoms with E-state index >= 15 is 0 Å². The Bertz CT molecular complexity index is 613. The van der Waals surface area contributed by atoms with Gasteiger partial charge in [-0.3, -0.25) is 0 Å². The number of ether oxygens (including phenoxy) is 1. The molecule has 0 fully saturated rings. The highest BCUT2D eigenvalue weighted by molar-refractivity contribution is 6.33. The zero-order valence-corrected chi connectivity index (χ0v) is 12.5. The third-order valence-corrected chi connectivity index (χ3v) is 3.51. The molecule has 0 spiro atoms. The van der Waals surface area contributed by atoms with Crippen LogP contribution in [0.4, 0.5) is 5.69 Å². The van der Waals surface area contributed by atoms with Crippen LogP contribution in [0.15, 0.2) is 36.4 Å². The number of phenols is 1. The summed E-state index contributed by atoms with van der Waals surface area (Å²) in [4.78, 5) is 0. The number of aromatic hydroxyl groups is 1. The first-order valence-corrected chi connectivity index (χ1v) is 6.78. The molecular weight excluding hydrogens is 274 g/mol. The van der Waals surface area contributed by atoms with E-state index in [4.69, 9.17) is 16.3 Å². The van der Waals surface area contributed by atoms with E-state index in [0.29, 0.717) is 10.8 Å². The van der Waals surface area contributed by atoms with Gasteiger partial charge in [0.15, 0.2) is 11.5 Å². The van der Waals surface area contributed by atoms with Gasteiger partial charge in [-0.2, -0.15) is 0 Å². The number of nitrogens with one attached hydrogen (secondary N) is 1. The summed E-state index contributed by atoms with van der Waals surface area (Å²) in [6.07, 6.45) is 0. The van der Waals surface area contributed by atoms with E-state index in [1.54, 1.807) is 6.07 Å². The molecule has 0 bridgehead atoms. The minimum absolute atomic E-state index is 0.0460. The van der Waals surface area contributed by atoms with E-state index < -0.39 is 0 Å². The lowest BCUT2D eigenvalue weighted by Gasteiger charge is -2.18. The van der Waals surface area contributed by atoms with E-state index in [1.165, 1.54) is 7.11 Å². The zero-order chi connectivity index (χ0) is 14.7. The van der Waals surface area contributed by atoms with Crippen LogP contribution in [-0.4, -0.2) is 12.2 Å². The number of aryl methyl sites for hydroxylation is 1. The van der Waals surface area contributed by atoms with Gasteiger partial charge >= 0.3 is 0 Å². The highest BCUT2D eigenvalue weighted by Gasteiger charge is 2.10. The summed E-state index contributed by atoms with van der Waals surface area (Å²) in [7, 11) is 1.54. The van der Waals surface area contributed by atoms with Gasteiger partial charge in [0.1, 0.15) is 0 Å². The molecule has 0 aliphatic carbocycles. The number of anilines is 1. The van der Waals surface area contributed by atoms with Gasteiger partial charge in [0.2, 0.25) is 0 Å². The van der Waals surface area contributed by atoms with Crippen molar-refractivity contribution in [3.63, 3.8) is 0 Å². The summed E-state index contributed by atoms with van der Waals surface area (Å²) in [6, 6.07) is 11.2. The molecule has 0 aliphatic heterocycles. The molecule has 1 atom stereocenters. The average molecular weight is 292 g/mol. The van der Waals surface area contributed by atoms with E-state index in [1.807, 2.05) is 44.2 Å². The Labute approximate surface area is 124 Å². The van der Waals surface area contributed by atoms with Crippen molar-refractivity contribution in [1.82, 2.24) is 0 Å². The summed E-state index contributed by atoms with van der Waals surface area (Å²) >= 11 is 6.22. The Balaban J connectivity index is 2.21. The molecule has 4 heteroatoms. The summed E-state index contributed by atoms with van der Waals surface area (Å²) in [5.74, 6) is 0.600. The van der Waals surface area contributed by atoms with E-state index in [-0.39, 0.29) is 11.8 Å². The molecule has 20 heavy (non-hydrogen) atoms. The molecule has 0 aromatic heterocycles. The van der Waals surface area contributed by atoms with Crippen molar-refractivity contribution in [2.24, 2.45) is 0 Å². The predicted molar refractivity (Wildman–Crippen MR) is 82.9 cm³/mol. The summed E-state index contributed by atoms with van der Waals surface area (Å²) < 4.78 is 5.12. The van der Waals surface area contributed by atoms with Crippen LogP contribution in [0, 0.1) is 6.92 Å². The number of rotatable bonds is 4. The van der Waals surface area contributed by atoms with Gasteiger partial charge in [0.25, 0.3) is 0 Å². The maximum atomic E-state index is 9.61. The van der Waals surface area contributed by atoms with E-state index in [0.717, 1.165) is 16.8 Å². The Morgan fingerprint density at radius 3 is 2.60 bits per heavy atom. The molecule has 2 aromatic rings. The van der Waals surface area contributed by atoms with Crippen molar-refractivity contribution in [1.29, 1.82) is 0 Å². The van der Waals surface area contributed by atoms with Crippen LogP contribution in [0.1, 0.15) is 24.1 Å². The summed E-state index contributed by atoms with van der Waals surface area (Å²) in [5.41, 5.74) is 3.02. The molecule has 0 amide bonds. The Morgan fingerprint density at radius 1 is 1.20 bits per heavy atom. The maximum Gasteiger partial charge on any atom is 0.160 e. The lowest BCUT2D eigenvalue weighted by Crippen LogP contribution is -2.07. The van der Waals surface area contributed by atoms with Crippen molar-refractivity contribution in [2.45, 2.75) is 19.9 Å². The first-order valence-electron chi connectivity index (χ1n) is 6.41. The molecule has 0 saturated heterocycles. The fourth-order valence-corrected chi connectivity index (χ4v) is 2.31. The first-order chi connectivity index (χ1) is 9.51. The molecule has 0 saturated carbocycles. The van der Waals surface area contributed by atoms with Crippen molar-refractivity contribution >= 4 is 17.3 Å². The van der Waals surface area contributed by atoms with Crippen LogP contribution in [0.2, 0.25) is 5.02 Å². The second-order valence-corrected chi connectivity index (χ2v) is 5.19. The predicted octanol–water partition coefficient (Wildman–Crippen LogP) is 4.54. The van der Waals surface area contributed by atoms with Crippen molar-refractivity contribution in [2.75, 3.05) is 12.4 Å². The second-order valence-electron chi connectivity index (χ2n) is 4.78. The molecule has 2 aromatic carbocycles. The largest absolute Gasteiger partial charge is 0.504 e. The van der Waals surface area contributed by atoms with Gasteiger partial charge in [-0.15, -0.1) is 0 Å². The lowest BCUT2D eigenvalue weighted by molar-refractivity contribution is 0.373. The minimum atomic E-state index is 0.0460. The van der Waals surface area contributed by atoms with Gasteiger partial charge < -0.3 is 15.2 Å². The zero-order valence-electron chi connectivity index (χ0n) is 11.8. The fourth-order valence-electron chi connectivity index (χ4n) is 2.02. The fraction of sp³-hybridized carbons (Fsp3) is 0.250. The molecule has 1 unspecified atom stereocenters. The van der Waals surface area contributed by atoms with Crippen LogP contribution in [0.25, 0.3) is 0 Å². The number of benzene rings is 2. The van der Waals surface area contributed by atoms with E-state index in [2.05, 4.69) is 5.32 Å². The smallest absolute Gasteiger partial charge is 0.160 e. The standard InChI is InChI=1S/C16H18ClNO2/c1-10-4-6-14(13(17)8-10)18-11(2)12-5-7-15(19)16(9-12)20-3/h4-9,11,18-19H,1-3H3. The van der Waals surface area contributed by atoms with Crippen LogP contribution >= 0.6 is 11.6 Å². The third-order valence-electron chi connectivity index (χ3n) is 3.20. The number of hydrogen-bond acceptors (Lipinski definition) is 3. The number of phenolic OH excluding ortho intramolecular Hbond substituents is 1. The number of hydrogen-bond donors (Lipinski definition) is 2. The quantitative estimate of drug-likeness (QED) is 0.869. The molecular formula is C16H18ClNO2. The maximum absolute atomic E-state index is 9.61. The highest BCUT2D eigenvalue weighted by atomic mass is 35.5. The lowest BCUT2D eigenvalue weighted by atomic mass is 10.1. The number of halogens is 1. The van der Waals surface area contributed by atoms with Gasteiger partial charge in [-0.25, -0.2) is 0 Å². The molecule has 0 aliphatic rings. The SMILES string of the molecule is COc1cc(C(C)Nc2ccc(C)cc2Cl)ccc1O. The average Bonchev–Trinajstić information content (AvgIpc) is 2.42. The summed E-state index contributed by atoms with van der Waals surface area (Å²) in [5, 5.41) is 13.7. The van der Waals surface area contributed by atoms with Crippen LogP contribution in [0.3, 0.4) is 0 Å². The molecule has 0 radical (unpaired) electrons. The van der Waals surface area contributed by atoms with E-state index in [9.17, 15) is 5.11 Å². The normalized spacial score (nSPS) is 12.0. The van der Waals surface area contributed by atoms with Gasteiger partial charge in [0, 0.05) is 6.04 Å². The van der Waals surface area contributed by atoms with Gasteiger partial charge in [0.05, 0.1) is 17.8 Å². The van der Waals surface area contributed by atoms with Crippen LogP contribution in [-0.2, 0) is 0 Å². The van der Waals surface area contributed by atoms with Crippen molar-refractivity contribution in [3.8, 4) is 11.5 Å². The van der Waals surface area contributed by atoms with Crippen LogP contribution < -0.4 is 10.1 Å². The molecule has 0 heterocycles. The Morgan fingerprint density at radius 2 is 1.95 bits per heavy atom. The summed E-state index contributed by atoms with van der Waals surface area (Å²) in [6.45, 7) is 4.03. The van der Waals surface area contributed by atoms with Crippen molar-refractivity contribution in [3.05, 3.63) is 52.5 Å². The van der Waals surface area contributed by atoms with Gasteiger partial charge in [-0.1, -0.05) is 23.7 Å². The minimum Gasteiger partial charge on any atom is -0.504 e. The molecule has 2 rings (SSSR count). The molecule has 106 valence electrons. The highest BCUT2D eigenvalue weighted by Crippen LogP contribution is 2.31. The monoisotopic (exact) mass is 291 g/mol. The first kappa shape index (κ1) is 14.5. The number of methoxy groups -OCH3 is 1.